The van der Waals surface area contributed by atoms with Crippen molar-refractivity contribution in [2.75, 3.05) is 6.61 Å². The first-order valence-electron chi connectivity index (χ1n) is 5.69. The van der Waals surface area contributed by atoms with Gasteiger partial charge in [-0.2, -0.15) is 0 Å². The first-order chi connectivity index (χ1) is 7.27. The number of allylic oxidation sites excluding steroid dienone is 1. The summed E-state index contributed by atoms with van der Waals surface area (Å²) in [7, 11) is 0. The van der Waals surface area contributed by atoms with Crippen LogP contribution in [0.15, 0.2) is 30.8 Å². The van der Waals surface area contributed by atoms with E-state index < -0.39 is 0 Å². The van der Waals surface area contributed by atoms with E-state index in [9.17, 15) is 0 Å². The minimum atomic E-state index is 0.787. The van der Waals surface area contributed by atoms with Gasteiger partial charge < -0.3 is 4.74 Å². The lowest BCUT2D eigenvalue weighted by Gasteiger charge is -2.07. The third-order valence-electron chi connectivity index (χ3n) is 2.29. The molecule has 0 aromatic heterocycles. The van der Waals surface area contributed by atoms with Crippen molar-refractivity contribution in [2.45, 2.75) is 33.1 Å². The fraction of sp³-hybridized carbons (Fsp3) is 0.429. The summed E-state index contributed by atoms with van der Waals surface area (Å²) in [6.07, 6.45) is 3.26. The predicted octanol–water partition coefficient (Wildman–Crippen LogP) is 4.29. The van der Waals surface area contributed by atoms with Crippen LogP contribution in [0.2, 0.25) is 0 Å². The number of rotatable bonds is 6. The van der Waals surface area contributed by atoms with Crippen molar-refractivity contribution in [2.24, 2.45) is 0 Å². The molecular formula is C14H20O. The highest BCUT2D eigenvalue weighted by atomic mass is 16.5. The van der Waals surface area contributed by atoms with E-state index in [-0.39, 0.29) is 0 Å². The predicted molar refractivity (Wildman–Crippen MR) is 66.2 cm³/mol. The maximum atomic E-state index is 5.52. The molecule has 0 amide bonds. The minimum absolute atomic E-state index is 0.787. The van der Waals surface area contributed by atoms with E-state index in [2.05, 4.69) is 32.6 Å². The van der Waals surface area contributed by atoms with E-state index in [4.69, 9.17) is 4.74 Å². The molecule has 15 heavy (non-hydrogen) atoms. The second kappa shape index (κ2) is 6.28. The lowest BCUT2D eigenvalue weighted by atomic mass is 10.0. The SMILES string of the molecule is C=C(CCC)c1ccc(OCCC)cc1. The molecule has 0 radical (unpaired) electrons. The maximum Gasteiger partial charge on any atom is 0.119 e. The number of ether oxygens (including phenoxy) is 1. The van der Waals surface area contributed by atoms with Crippen LogP contribution >= 0.6 is 0 Å². The Balaban J connectivity index is 2.59. The molecule has 1 aromatic rings. The van der Waals surface area contributed by atoms with E-state index in [0.717, 1.165) is 31.6 Å². The zero-order chi connectivity index (χ0) is 11.1. The third-order valence-corrected chi connectivity index (χ3v) is 2.29. The molecule has 0 aliphatic heterocycles. The zero-order valence-electron chi connectivity index (χ0n) is 9.75. The van der Waals surface area contributed by atoms with Crippen LogP contribution in [0, 0.1) is 0 Å². The molecule has 0 unspecified atom stereocenters. The van der Waals surface area contributed by atoms with Crippen molar-refractivity contribution in [3.05, 3.63) is 36.4 Å². The Morgan fingerprint density at radius 3 is 2.33 bits per heavy atom. The molecule has 1 nitrogen and oxygen atoms in total. The van der Waals surface area contributed by atoms with Gasteiger partial charge in [-0.05, 0) is 36.1 Å². The summed E-state index contributed by atoms with van der Waals surface area (Å²) in [6, 6.07) is 8.21. The van der Waals surface area contributed by atoms with Crippen molar-refractivity contribution >= 4 is 5.57 Å². The van der Waals surface area contributed by atoms with Gasteiger partial charge in [0, 0.05) is 0 Å². The van der Waals surface area contributed by atoms with Gasteiger partial charge in [0.15, 0.2) is 0 Å². The van der Waals surface area contributed by atoms with Gasteiger partial charge in [0.25, 0.3) is 0 Å². The Hall–Kier alpha value is -1.24. The molecule has 82 valence electrons. The van der Waals surface area contributed by atoms with Crippen LogP contribution in [0.1, 0.15) is 38.7 Å². The van der Waals surface area contributed by atoms with Gasteiger partial charge in [0.05, 0.1) is 6.61 Å². The minimum Gasteiger partial charge on any atom is -0.494 e. The van der Waals surface area contributed by atoms with E-state index >= 15 is 0 Å². The lowest BCUT2D eigenvalue weighted by molar-refractivity contribution is 0.317. The Morgan fingerprint density at radius 2 is 1.80 bits per heavy atom. The molecule has 0 heterocycles. The summed E-state index contributed by atoms with van der Waals surface area (Å²) >= 11 is 0. The first kappa shape index (κ1) is 11.8. The highest BCUT2D eigenvalue weighted by molar-refractivity contribution is 5.63. The molecule has 0 saturated carbocycles. The smallest absolute Gasteiger partial charge is 0.119 e. The van der Waals surface area contributed by atoms with Crippen LogP contribution in [-0.4, -0.2) is 6.61 Å². The number of hydrogen-bond acceptors (Lipinski definition) is 1. The fourth-order valence-corrected chi connectivity index (χ4v) is 1.45. The average molecular weight is 204 g/mol. The molecule has 0 saturated heterocycles. The molecule has 0 bridgehead atoms. The summed E-state index contributed by atoms with van der Waals surface area (Å²) in [4.78, 5) is 0. The maximum absolute atomic E-state index is 5.52. The molecular weight excluding hydrogens is 184 g/mol. The van der Waals surface area contributed by atoms with Gasteiger partial charge in [-0.3, -0.25) is 0 Å². The normalized spacial score (nSPS) is 10.0. The van der Waals surface area contributed by atoms with Crippen LogP contribution in [-0.2, 0) is 0 Å². The van der Waals surface area contributed by atoms with Crippen LogP contribution in [0.25, 0.3) is 5.57 Å². The van der Waals surface area contributed by atoms with Crippen molar-refractivity contribution in [1.82, 2.24) is 0 Å². The van der Waals surface area contributed by atoms with Gasteiger partial charge in [-0.25, -0.2) is 0 Å². The quantitative estimate of drug-likeness (QED) is 0.671. The highest BCUT2D eigenvalue weighted by Crippen LogP contribution is 2.20. The molecule has 1 aromatic carbocycles. The average Bonchev–Trinajstić information content (AvgIpc) is 2.27. The fourth-order valence-electron chi connectivity index (χ4n) is 1.45. The Labute approximate surface area is 92.8 Å². The molecule has 1 rings (SSSR count). The molecule has 0 aliphatic carbocycles. The third kappa shape index (κ3) is 3.78. The topological polar surface area (TPSA) is 9.23 Å². The van der Waals surface area contributed by atoms with Gasteiger partial charge in [0.1, 0.15) is 5.75 Å². The summed E-state index contributed by atoms with van der Waals surface area (Å²) in [6.45, 7) is 9.13. The van der Waals surface area contributed by atoms with Crippen LogP contribution in [0.4, 0.5) is 0 Å². The van der Waals surface area contributed by atoms with E-state index in [1.54, 1.807) is 0 Å². The number of hydrogen-bond donors (Lipinski definition) is 0. The summed E-state index contributed by atoms with van der Waals surface area (Å²) in [5.41, 5.74) is 2.43. The van der Waals surface area contributed by atoms with Crippen molar-refractivity contribution in [3.8, 4) is 5.75 Å². The molecule has 0 atom stereocenters. The summed E-state index contributed by atoms with van der Waals surface area (Å²) < 4.78 is 5.52. The Bertz CT molecular complexity index is 298. The van der Waals surface area contributed by atoms with Crippen LogP contribution in [0.3, 0.4) is 0 Å². The summed E-state index contributed by atoms with van der Waals surface area (Å²) in [5, 5.41) is 0. The summed E-state index contributed by atoms with van der Waals surface area (Å²) in [5.74, 6) is 0.949. The van der Waals surface area contributed by atoms with E-state index in [1.165, 1.54) is 11.1 Å². The molecule has 0 aliphatic rings. The van der Waals surface area contributed by atoms with Crippen LogP contribution in [0.5, 0.6) is 5.75 Å². The van der Waals surface area contributed by atoms with Crippen molar-refractivity contribution in [1.29, 1.82) is 0 Å². The van der Waals surface area contributed by atoms with Crippen LogP contribution < -0.4 is 4.74 Å². The van der Waals surface area contributed by atoms with Gasteiger partial charge in [0.2, 0.25) is 0 Å². The van der Waals surface area contributed by atoms with Gasteiger partial charge in [-0.1, -0.05) is 39.0 Å². The molecule has 0 N–H and O–H groups in total. The molecule has 1 heteroatoms. The molecule has 0 spiro atoms. The zero-order valence-corrected chi connectivity index (χ0v) is 9.75. The molecule has 0 fully saturated rings. The van der Waals surface area contributed by atoms with Crippen molar-refractivity contribution < 1.29 is 4.74 Å². The van der Waals surface area contributed by atoms with Gasteiger partial charge >= 0.3 is 0 Å². The largest absolute Gasteiger partial charge is 0.494 e. The Kier molecular flexibility index (Phi) is 4.96. The second-order valence-corrected chi connectivity index (χ2v) is 3.73. The second-order valence-electron chi connectivity index (χ2n) is 3.73. The first-order valence-corrected chi connectivity index (χ1v) is 5.69. The standard InChI is InChI=1S/C14H20O/c1-4-6-12(3)13-7-9-14(10-8-13)15-11-5-2/h7-10H,3-6,11H2,1-2H3. The van der Waals surface area contributed by atoms with E-state index in [1.807, 2.05) is 12.1 Å². The van der Waals surface area contributed by atoms with Crippen molar-refractivity contribution in [3.63, 3.8) is 0 Å². The number of benzene rings is 1. The monoisotopic (exact) mass is 204 g/mol. The van der Waals surface area contributed by atoms with Gasteiger partial charge in [-0.15, -0.1) is 0 Å². The Morgan fingerprint density at radius 1 is 1.13 bits per heavy atom. The highest BCUT2D eigenvalue weighted by Gasteiger charge is 1.98. The van der Waals surface area contributed by atoms with E-state index in [0.29, 0.717) is 0 Å². The lowest BCUT2D eigenvalue weighted by Crippen LogP contribution is -1.94.